The number of rotatable bonds is 12. The average Bonchev–Trinajstić information content (AvgIpc) is 2.87. The number of aromatic hydroxyl groups is 3. The van der Waals surface area contributed by atoms with Crippen molar-refractivity contribution in [1.29, 1.82) is 0 Å². The Kier molecular flexibility index (Phi) is 10.2. The van der Waals surface area contributed by atoms with E-state index in [1.165, 1.54) is 0 Å². The van der Waals surface area contributed by atoms with Gasteiger partial charge in [-0.3, -0.25) is 19.9 Å². The molecule has 194 valence electrons. The van der Waals surface area contributed by atoms with Gasteiger partial charge < -0.3 is 15.3 Å². The van der Waals surface area contributed by atoms with Crippen LogP contribution >= 0.6 is 0 Å². The fraction of sp³-hybridized carbons (Fsp3) is 0.333. The Morgan fingerprint density at radius 1 is 0.568 bits per heavy atom. The Morgan fingerprint density at radius 3 is 1.16 bits per heavy atom. The fourth-order valence-corrected chi connectivity index (χ4v) is 3.38. The van der Waals surface area contributed by atoms with Crippen molar-refractivity contribution in [3.63, 3.8) is 0 Å². The third-order valence-corrected chi connectivity index (χ3v) is 5.40. The van der Waals surface area contributed by atoms with E-state index in [4.69, 9.17) is 0 Å². The molecule has 0 bridgehead atoms. The first-order chi connectivity index (χ1) is 17.8. The number of hydrogen-bond acceptors (Lipinski definition) is 10. The number of aryl methyl sites for hydroxylation is 3. The first-order valence-corrected chi connectivity index (χ1v) is 12.0. The molecule has 10 nitrogen and oxygen atoms in total. The van der Waals surface area contributed by atoms with E-state index in [2.05, 4.69) is 34.8 Å². The maximum Gasteiger partial charge on any atom is 0.142 e. The summed E-state index contributed by atoms with van der Waals surface area (Å²) in [5.74, 6) is 0.280. The molecular weight excluding hydrogens is 470 g/mol. The quantitative estimate of drug-likeness (QED) is 0.323. The van der Waals surface area contributed by atoms with Gasteiger partial charge >= 0.3 is 0 Å². The molecule has 0 aromatic carbocycles. The standard InChI is InChI=1S/C27H33N7O3/c1-19-4-7-25(35)22(31-19)16-28-10-13-34(14-11-29-17-23-26(36)8-5-20(2)32-23)15-12-30-18-24-27(37)9-6-21(3)33-24/h4-9,16-18,35-37H,10-15H2,1-3H3. The van der Waals surface area contributed by atoms with E-state index < -0.39 is 0 Å². The molecule has 0 unspecified atom stereocenters. The summed E-state index contributed by atoms with van der Waals surface area (Å²) in [5, 5.41) is 29.8. The fourth-order valence-electron chi connectivity index (χ4n) is 3.38. The second-order valence-corrected chi connectivity index (χ2v) is 8.52. The minimum absolute atomic E-state index is 0.0934. The smallest absolute Gasteiger partial charge is 0.142 e. The lowest BCUT2D eigenvalue weighted by Crippen LogP contribution is -2.31. The Bertz CT molecular complexity index is 1120. The monoisotopic (exact) mass is 503 g/mol. The van der Waals surface area contributed by atoms with Crippen molar-refractivity contribution in [3.8, 4) is 17.2 Å². The highest BCUT2D eigenvalue weighted by Crippen LogP contribution is 2.14. The van der Waals surface area contributed by atoms with Gasteiger partial charge in [0.05, 0.1) is 38.3 Å². The Balaban J connectivity index is 1.59. The van der Waals surface area contributed by atoms with Gasteiger partial charge in [-0.2, -0.15) is 0 Å². The van der Waals surface area contributed by atoms with Crippen molar-refractivity contribution in [2.75, 3.05) is 39.3 Å². The zero-order valence-corrected chi connectivity index (χ0v) is 21.4. The van der Waals surface area contributed by atoms with Gasteiger partial charge in [-0.25, -0.2) is 15.0 Å². The SMILES string of the molecule is Cc1ccc(O)c(C=NCCN(CCN=Cc2nc(C)ccc2O)CCN=Cc2nc(C)ccc2O)n1. The number of pyridine rings is 3. The summed E-state index contributed by atoms with van der Waals surface area (Å²) in [6, 6.07) is 10.0. The molecule has 0 fully saturated rings. The molecule has 0 saturated carbocycles. The molecule has 0 aliphatic heterocycles. The van der Waals surface area contributed by atoms with E-state index >= 15 is 0 Å². The normalized spacial score (nSPS) is 12.0. The summed E-state index contributed by atoms with van der Waals surface area (Å²) >= 11 is 0. The van der Waals surface area contributed by atoms with E-state index in [0.29, 0.717) is 56.4 Å². The molecule has 0 radical (unpaired) electrons. The number of hydrogen-bond donors (Lipinski definition) is 3. The molecule has 0 aliphatic carbocycles. The van der Waals surface area contributed by atoms with Crippen LogP contribution in [0.25, 0.3) is 0 Å². The summed E-state index contributed by atoms with van der Waals surface area (Å²) in [6.07, 6.45) is 4.74. The second kappa shape index (κ2) is 13.8. The molecule has 3 rings (SSSR count). The van der Waals surface area contributed by atoms with Crippen LogP contribution in [0.2, 0.25) is 0 Å². The van der Waals surface area contributed by atoms with E-state index in [9.17, 15) is 15.3 Å². The highest BCUT2D eigenvalue weighted by Gasteiger charge is 2.06. The average molecular weight is 504 g/mol. The molecule has 0 saturated heterocycles. The highest BCUT2D eigenvalue weighted by molar-refractivity contribution is 5.81. The Morgan fingerprint density at radius 2 is 0.865 bits per heavy atom. The maximum atomic E-state index is 9.95. The van der Waals surface area contributed by atoms with Crippen LogP contribution in [0.3, 0.4) is 0 Å². The molecule has 0 amide bonds. The van der Waals surface area contributed by atoms with Crippen molar-refractivity contribution in [2.24, 2.45) is 15.0 Å². The van der Waals surface area contributed by atoms with Crippen molar-refractivity contribution in [1.82, 2.24) is 19.9 Å². The zero-order valence-electron chi connectivity index (χ0n) is 21.4. The summed E-state index contributed by atoms with van der Waals surface area (Å²) in [6.45, 7) is 9.03. The summed E-state index contributed by atoms with van der Waals surface area (Å²) in [5.41, 5.74) is 3.74. The molecule has 3 N–H and O–H groups in total. The predicted octanol–water partition coefficient (Wildman–Crippen LogP) is 2.87. The van der Waals surface area contributed by atoms with Crippen LogP contribution in [0.4, 0.5) is 0 Å². The molecule has 10 heteroatoms. The molecule has 3 aromatic heterocycles. The number of aliphatic imine (C=N–C) groups is 3. The van der Waals surface area contributed by atoms with Crippen LogP contribution in [0.15, 0.2) is 51.4 Å². The molecule has 0 spiro atoms. The van der Waals surface area contributed by atoms with Gasteiger partial charge in [0, 0.05) is 36.7 Å². The highest BCUT2D eigenvalue weighted by atomic mass is 16.3. The minimum atomic E-state index is 0.0934. The maximum absolute atomic E-state index is 9.95. The van der Waals surface area contributed by atoms with E-state index in [1.54, 1.807) is 55.0 Å². The molecule has 3 aromatic rings. The first kappa shape index (κ1) is 27.4. The second-order valence-electron chi connectivity index (χ2n) is 8.52. The predicted molar refractivity (Wildman–Crippen MR) is 146 cm³/mol. The van der Waals surface area contributed by atoms with E-state index in [1.807, 2.05) is 20.8 Å². The van der Waals surface area contributed by atoms with Gasteiger partial charge in [-0.05, 0) is 57.2 Å². The molecular formula is C27H33N7O3. The largest absolute Gasteiger partial charge is 0.506 e. The molecule has 3 heterocycles. The lowest BCUT2D eigenvalue weighted by Gasteiger charge is -2.19. The first-order valence-electron chi connectivity index (χ1n) is 12.0. The third kappa shape index (κ3) is 9.08. The van der Waals surface area contributed by atoms with Crippen molar-refractivity contribution >= 4 is 18.6 Å². The van der Waals surface area contributed by atoms with Crippen LogP contribution in [0.5, 0.6) is 17.2 Å². The van der Waals surface area contributed by atoms with Crippen LogP contribution in [0, 0.1) is 20.8 Å². The number of aromatic nitrogens is 3. The van der Waals surface area contributed by atoms with Crippen molar-refractivity contribution in [3.05, 3.63) is 70.6 Å². The van der Waals surface area contributed by atoms with Gasteiger partial charge in [0.15, 0.2) is 0 Å². The Labute approximate surface area is 216 Å². The molecule has 0 aliphatic rings. The van der Waals surface area contributed by atoms with Crippen LogP contribution < -0.4 is 0 Å². The lowest BCUT2D eigenvalue weighted by atomic mass is 10.3. The van der Waals surface area contributed by atoms with Gasteiger partial charge in [-0.15, -0.1) is 0 Å². The molecule has 0 atom stereocenters. The van der Waals surface area contributed by atoms with Gasteiger partial charge in [-0.1, -0.05) is 0 Å². The van der Waals surface area contributed by atoms with Crippen LogP contribution in [-0.2, 0) is 0 Å². The van der Waals surface area contributed by atoms with E-state index in [-0.39, 0.29) is 17.2 Å². The van der Waals surface area contributed by atoms with Crippen LogP contribution in [-0.4, -0.2) is 93.1 Å². The minimum Gasteiger partial charge on any atom is -0.506 e. The van der Waals surface area contributed by atoms with Gasteiger partial charge in [0.2, 0.25) is 0 Å². The third-order valence-electron chi connectivity index (χ3n) is 5.40. The summed E-state index contributed by atoms with van der Waals surface area (Å²) in [7, 11) is 0. The zero-order chi connectivity index (χ0) is 26.6. The lowest BCUT2D eigenvalue weighted by molar-refractivity contribution is 0.298. The summed E-state index contributed by atoms with van der Waals surface area (Å²) < 4.78 is 0. The van der Waals surface area contributed by atoms with Crippen LogP contribution in [0.1, 0.15) is 34.2 Å². The topological polar surface area (TPSA) is 140 Å². The van der Waals surface area contributed by atoms with Crippen molar-refractivity contribution in [2.45, 2.75) is 20.8 Å². The Hall–Kier alpha value is -4.18. The summed E-state index contributed by atoms with van der Waals surface area (Å²) in [4.78, 5) is 28.3. The van der Waals surface area contributed by atoms with Crippen molar-refractivity contribution < 1.29 is 15.3 Å². The van der Waals surface area contributed by atoms with E-state index in [0.717, 1.165) is 17.1 Å². The van der Waals surface area contributed by atoms with Gasteiger partial charge in [0.25, 0.3) is 0 Å². The number of nitrogens with zero attached hydrogens (tertiary/aromatic N) is 7. The molecule has 37 heavy (non-hydrogen) atoms. The van der Waals surface area contributed by atoms with Gasteiger partial charge in [0.1, 0.15) is 34.3 Å².